The minimum Gasteiger partial charge on any atom is -0.350 e. The second-order valence-corrected chi connectivity index (χ2v) is 10.4. The Labute approximate surface area is 183 Å². The van der Waals surface area contributed by atoms with E-state index in [-0.39, 0.29) is 23.7 Å². The van der Waals surface area contributed by atoms with Gasteiger partial charge in [-0.25, -0.2) is 4.98 Å². The topological polar surface area (TPSA) is 84.5 Å². The molecule has 1 aliphatic carbocycles. The minimum absolute atomic E-state index is 0.0122. The number of piperidine rings is 1. The third-order valence-electron chi connectivity index (χ3n) is 6.17. The zero-order valence-electron chi connectivity index (χ0n) is 17.0. The van der Waals surface area contributed by atoms with Gasteiger partial charge in [-0.05, 0) is 37.7 Å². The molecule has 2 aromatic rings. The molecule has 0 aromatic carbocycles. The summed E-state index contributed by atoms with van der Waals surface area (Å²) in [6.07, 6.45) is 5.61. The number of aromatic amines is 1. The van der Waals surface area contributed by atoms with E-state index in [4.69, 9.17) is 9.47 Å². The molecule has 4 heterocycles. The molecular formula is C21H27N3O4S2. The third kappa shape index (κ3) is 4.17. The Balaban J connectivity index is 1.12. The summed E-state index contributed by atoms with van der Waals surface area (Å²) >= 11 is 3.31. The molecule has 0 radical (unpaired) electrons. The highest BCUT2D eigenvalue weighted by atomic mass is 32.2. The van der Waals surface area contributed by atoms with E-state index in [9.17, 15) is 9.59 Å². The van der Waals surface area contributed by atoms with Crippen molar-refractivity contribution in [1.29, 1.82) is 0 Å². The fraction of sp³-hybridized carbons (Fsp3) is 0.667. The molecule has 30 heavy (non-hydrogen) atoms. The number of thioether (sulfide) groups is 1. The van der Waals surface area contributed by atoms with Crippen molar-refractivity contribution in [3.05, 3.63) is 26.6 Å². The highest BCUT2D eigenvalue weighted by Gasteiger charge is 2.32. The lowest BCUT2D eigenvalue weighted by Gasteiger charge is -2.34. The predicted octanol–water partition coefficient (Wildman–Crippen LogP) is 2.71. The molecular weight excluding hydrogens is 422 g/mol. The summed E-state index contributed by atoms with van der Waals surface area (Å²) in [5.74, 6) is 2.52. The van der Waals surface area contributed by atoms with E-state index in [1.165, 1.54) is 10.4 Å². The number of ether oxygens (including phenoxy) is 2. The van der Waals surface area contributed by atoms with Gasteiger partial charge in [0.05, 0.1) is 24.4 Å². The summed E-state index contributed by atoms with van der Waals surface area (Å²) < 4.78 is 11.3. The number of nitrogens with zero attached hydrogens (tertiary/aromatic N) is 2. The number of carbonyl (C=O) groups excluding carboxylic acids is 1. The number of H-pyrrole nitrogens is 1. The monoisotopic (exact) mass is 449 g/mol. The first kappa shape index (κ1) is 20.5. The molecule has 0 saturated carbocycles. The lowest BCUT2D eigenvalue weighted by molar-refractivity contribution is -0.138. The molecule has 1 N–H and O–H groups in total. The summed E-state index contributed by atoms with van der Waals surface area (Å²) in [6, 6.07) is 0. The average Bonchev–Trinajstić information content (AvgIpc) is 3.48. The maximum absolute atomic E-state index is 12.6. The van der Waals surface area contributed by atoms with E-state index in [1.54, 1.807) is 23.1 Å². The highest BCUT2D eigenvalue weighted by Crippen LogP contribution is 2.34. The van der Waals surface area contributed by atoms with Crippen molar-refractivity contribution in [2.75, 3.05) is 32.1 Å². The summed E-state index contributed by atoms with van der Waals surface area (Å²) in [6.45, 7) is 2.85. The van der Waals surface area contributed by atoms with Gasteiger partial charge in [-0.1, -0.05) is 0 Å². The zero-order valence-corrected chi connectivity index (χ0v) is 18.6. The molecule has 1 amide bonds. The average molecular weight is 450 g/mol. The van der Waals surface area contributed by atoms with Gasteiger partial charge in [-0.3, -0.25) is 9.59 Å². The molecule has 162 valence electrons. The second kappa shape index (κ2) is 8.98. The first-order valence-corrected chi connectivity index (χ1v) is 12.8. The molecule has 0 spiro atoms. The van der Waals surface area contributed by atoms with Crippen molar-refractivity contribution in [3.63, 3.8) is 0 Å². The highest BCUT2D eigenvalue weighted by molar-refractivity contribution is 7.98. The van der Waals surface area contributed by atoms with Crippen LogP contribution in [0.3, 0.4) is 0 Å². The van der Waals surface area contributed by atoms with Gasteiger partial charge < -0.3 is 19.4 Å². The number of aryl methyl sites for hydroxylation is 2. The minimum atomic E-state index is -0.147. The number of fused-ring (bicyclic) bond motifs is 3. The first-order chi connectivity index (χ1) is 14.7. The van der Waals surface area contributed by atoms with Crippen molar-refractivity contribution >= 4 is 39.2 Å². The fourth-order valence-electron chi connectivity index (χ4n) is 4.71. The molecule has 1 unspecified atom stereocenters. The van der Waals surface area contributed by atoms with Gasteiger partial charge in [0.2, 0.25) is 5.91 Å². The molecule has 0 bridgehead atoms. The lowest BCUT2D eigenvalue weighted by Crippen LogP contribution is -2.43. The van der Waals surface area contributed by atoms with Crippen LogP contribution in [0.15, 0.2) is 4.79 Å². The molecule has 3 aliphatic rings. The molecule has 2 fully saturated rings. The largest absolute Gasteiger partial charge is 0.350 e. The van der Waals surface area contributed by atoms with Crippen molar-refractivity contribution in [1.82, 2.24) is 14.9 Å². The van der Waals surface area contributed by atoms with E-state index in [2.05, 4.69) is 9.97 Å². The van der Waals surface area contributed by atoms with Crippen LogP contribution in [0, 0.1) is 5.92 Å². The molecule has 2 saturated heterocycles. The van der Waals surface area contributed by atoms with Gasteiger partial charge in [0.15, 0.2) is 6.29 Å². The Hall–Kier alpha value is -1.42. The number of nitrogens with one attached hydrogen (secondary N) is 1. The zero-order chi connectivity index (χ0) is 20.5. The van der Waals surface area contributed by atoms with Gasteiger partial charge >= 0.3 is 0 Å². The van der Waals surface area contributed by atoms with Crippen LogP contribution >= 0.6 is 23.1 Å². The maximum atomic E-state index is 12.6. The molecule has 2 aromatic heterocycles. The Bertz CT molecular complexity index is 983. The normalized spacial score (nSPS) is 22.1. The third-order valence-corrected chi connectivity index (χ3v) is 8.32. The molecule has 9 heteroatoms. The van der Waals surface area contributed by atoms with Crippen LogP contribution < -0.4 is 5.56 Å². The smallest absolute Gasteiger partial charge is 0.259 e. The summed E-state index contributed by atoms with van der Waals surface area (Å²) in [5, 5.41) is 0.798. The van der Waals surface area contributed by atoms with Crippen LogP contribution in [0.1, 0.15) is 41.9 Å². The number of amides is 1. The summed E-state index contributed by atoms with van der Waals surface area (Å²) in [7, 11) is 0. The Morgan fingerprint density at radius 3 is 3.00 bits per heavy atom. The van der Waals surface area contributed by atoms with E-state index >= 15 is 0 Å². The van der Waals surface area contributed by atoms with Crippen molar-refractivity contribution < 1.29 is 14.3 Å². The van der Waals surface area contributed by atoms with Crippen LogP contribution in [0.4, 0.5) is 0 Å². The quantitative estimate of drug-likeness (QED) is 0.683. The number of carbonyl (C=O) groups is 1. The molecule has 1 atom stereocenters. The maximum Gasteiger partial charge on any atom is 0.259 e. The number of rotatable bonds is 6. The number of thiophene rings is 1. The van der Waals surface area contributed by atoms with Crippen molar-refractivity contribution in [3.8, 4) is 0 Å². The number of aromatic nitrogens is 2. The number of hydrogen-bond donors (Lipinski definition) is 1. The summed E-state index contributed by atoms with van der Waals surface area (Å²) in [4.78, 5) is 36.9. The SMILES string of the molecule is O=C(CCSCc1nc2sc3c(c2c(=O)[nH]1)CCC3)N1CCCC(C2OCCO2)C1. The van der Waals surface area contributed by atoms with Crippen LogP contribution in [0.25, 0.3) is 10.2 Å². The standard InChI is InChI=1S/C21H27N3O4S2/c25-17(24-7-2-3-13(11-24)21-27-8-9-28-21)6-10-29-12-16-22-19(26)18-14-4-1-5-15(14)30-20(18)23-16/h13,21H,1-12H2,(H,22,23,26). The van der Waals surface area contributed by atoms with Crippen molar-refractivity contribution in [2.24, 2.45) is 5.92 Å². The van der Waals surface area contributed by atoms with Gasteiger partial charge in [0.1, 0.15) is 10.7 Å². The van der Waals surface area contributed by atoms with Gasteiger partial charge in [-0.2, -0.15) is 11.8 Å². The Morgan fingerprint density at radius 1 is 1.27 bits per heavy atom. The van der Waals surface area contributed by atoms with E-state index in [0.29, 0.717) is 31.2 Å². The van der Waals surface area contributed by atoms with E-state index in [0.717, 1.165) is 61.2 Å². The van der Waals surface area contributed by atoms with Crippen LogP contribution in [0.2, 0.25) is 0 Å². The van der Waals surface area contributed by atoms with Crippen LogP contribution in [0.5, 0.6) is 0 Å². The van der Waals surface area contributed by atoms with Gasteiger partial charge in [-0.15, -0.1) is 11.3 Å². The number of hydrogen-bond acceptors (Lipinski definition) is 7. The van der Waals surface area contributed by atoms with Crippen LogP contribution in [-0.2, 0) is 32.9 Å². The first-order valence-electron chi connectivity index (χ1n) is 10.8. The van der Waals surface area contributed by atoms with E-state index < -0.39 is 0 Å². The second-order valence-electron chi connectivity index (χ2n) is 8.20. The lowest BCUT2D eigenvalue weighted by atomic mass is 9.97. The van der Waals surface area contributed by atoms with Gasteiger partial charge in [0, 0.05) is 36.1 Å². The van der Waals surface area contributed by atoms with E-state index in [1.807, 2.05) is 4.90 Å². The van der Waals surface area contributed by atoms with Crippen LogP contribution in [-0.4, -0.2) is 59.1 Å². The summed E-state index contributed by atoms with van der Waals surface area (Å²) in [5.41, 5.74) is 1.20. The Kier molecular flexibility index (Phi) is 6.13. The molecule has 5 rings (SSSR count). The number of likely N-dealkylation sites (tertiary alicyclic amines) is 1. The van der Waals surface area contributed by atoms with Crippen molar-refractivity contribution in [2.45, 2.75) is 50.6 Å². The van der Waals surface area contributed by atoms with Gasteiger partial charge in [0.25, 0.3) is 5.56 Å². The Morgan fingerprint density at radius 2 is 2.13 bits per heavy atom. The molecule has 7 nitrogen and oxygen atoms in total. The molecule has 2 aliphatic heterocycles. The fourth-order valence-corrected chi connectivity index (χ4v) is 6.78. The predicted molar refractivity (Wildman–Crippen MR) is 118 cm³/mol.